The number of morpholine rings is 1. The molecule has 3 aliphatic heterocycles. The molecule has 206 valence electrons. The van der Waals surface area contributed by atoms with E-state index >= 15 is 0 Å². The molecule has 3 atom stereocenters. The van der Waals surface area contributed by atoms with Gasteiger partial charge in [-0.3, -0.25) is 19.6 Å². The van der Waals surface area contributed by atoms with Gasteiger partial charge in [0.25, 0.3) is 0 Å². The number of hydrogen-bond donors (Lipinski definition) is 2. The molecule has 2 fully saturated rings. The minimum absolute atomic E-state index is 0.00230. The van der Waals surface area contributed by atoms with Crippen molar-refractivity contribution in [1.82, 2.24) is 20.1 Å². The van der Waals surface area contributed by atoms with Crippen LogP contribution < -0.4 is 10.2 Å². The van der Waals surface area contributed by atoms with Crippen LogP contribution in [0.2, 0.25) is 0 Å². The molecule has 1 amide bonds. The Morgan fingerprint density at radius 1 is 1.21 bits per heavy atom. The minimum Gasteiger partial charge on any atom is -0.395 e. The van der Waals surface area contributed by atoms with E-state index in [1.54, 1.807) is 12.1 Å². The van der Waals surface area contributed by atoms with Gasteiger partial charge in [0.2, 0.25) is 5.91 Å². The second kappa shape index (κ2) is 11.4. The minimum atomic E-state index is -0.250. The fourth-order valence-electron chi connectivity index (χ4n) is 5.97. The van der Waals surface area contributed by atoms with Crippen molar-refractivity contribution < 1.29 is 19.0 Å². The van der Waals surface area contributed by atoms with Crippen LogP contribution in [-0.4, -0.2) is 103 Å². The molecule has 8 nitrogen and oxygen atoms in total. The third-order valence-electron chi connectivity index (χ3n) is 8.10. The highest BCUT2D eigenvalue weighted by Gasteiger charge is 2.41. The third kappa shape index (κ3) is 5.92. The molecule has 0 radical (unpaired) electrons. The first-order chi connectivity index (χ1) is 18.2. The van der Waals surface area contributed by atoms with Crippen molar-refractivity contribution in [2.45, 2.75) is 50.7 Å². The van der Waals surface area contributed by atoms with E-state index in [1.807, 2.05) is 11.1 Å². The Morgan fingerprint density at radius 2 is 2.00 bits per heavy atom. The molecule has 2 saturated heterocycles. The maximum atomic E-state index is 13.9. The number of aliphatic hydroxyl groups excluding tert-OH is 1. The number of pyridine rings is 1. The summed E-state index contributed by atoms with van der Waals surface area (Å²) in [6, 6.07) is 9.06. The zero-order chi connectivity index (χ0) is 26.9. The number of aliphatic hydroxyl groups is 1. The predicted molar refractivity (Wildman–Crippen MR) is 145 cm³/mol. The van der Waals surface area contributed by atoms with Gasteiger partial charge in [-0.15, -0.1) is 0 Å². The van der Waals surface area contributed by atoms with Crippen molar-refractivity contribution in [1.29, 1.82) is 0 Å². The van der Waals surface area contributed by atoms with Gasteiger partial charge in [0.05, 0.1) is 43.8 Å². The number of fused-ring (bicyclic) bond motifs is 1. The molecule has 2 N–H and O–H groups in total. The fourth-order valence-corrected chi connectivity index (χ4v) is 5.97. The number of carbonyl (C=O) groups is 1. The van der Waals surface area contributed by atoms with Gasteiger partial charge in [-0.25, -0.2) is 4.39 Å². The number of anilines is 1. The first-order valence-electron chi connectivity index (χ1n) is 13.7. The van der Waals surface area contributed by atoms with Crippen molar-refractivity contribution in [2.24, 2.45) is 0 Å². The van der Waals surface area contributed by atoms with E-state index in [0.29, 0.717) is 38.8 Å². The van der Waals surface area contributed by atoms with E-state index in [1.165, 1.54) is 12.1 Å². The molecule has 0 bridgehead atoms. The summed E-state index contributed by atoms with van der Waals surface area (Å²) in [4.78, 5) is 25.2. The Balaban J connectivity index is 1.32. The largest absolute Gasteiger partial charge is 0.395 e. The average molecular weight is 526 g/mol. The second-order valence-electron chi connectivity index (χ2n) is 11.7. The van der Waals surface area contributed by atoms with Crippen LogP contribution in [0.25, 0.3) is 0 Å². The molecule has 3 aliphatic rings. The zero-order valence-electron chi connectivity index (χ0n) is 22.7. The summed E-state index contributed by atoms with van der Waals surface area (Å²) in [5.41, 5.74) is 3.59. The number of rotatable bonds is 7. The van der Waals surface area contributed by atoms with E-state index in [9.17, 15) is 14.3 Å². The molecule has 5 rings (SSSR count). The maximum absolute atomic E-state index is 13.9. The quantitative estimate of drug-likeness (QED) is 0.571. The Bertz CT molecular complexity index is 1130. The van der Waals surface area contributed by atoms with Crippen molar-refractivity contribution in [2.75, 3.05) is 64.0 Å². The lowest BCUT2D eigenvalue weighted by Crippen LogP contribution is -2.62. The van der Waals surface area contributed by atoms with Crippen LogP contribution in [-0.2, 0) is 21.4 Å². The van der Waals surface area contributed by atoms with Crippen molar-refractivity contribution in [3.63, 3.8) is 0 Å². The Labute approximate surface area is 224 Å². The van der Waals surface area contributed by atoms with E-state index in [2.05, 4.69) is 42.0 Å². The number of benzene rings is 1. The molecule has 4 heterocycles. The first kappa shape index (κ1) is 27.1. The number of ether oxygens (including phenoxy) is 1. The summed E-state index contributed by atoms with van der Waals surface area (Å²) in [7, 11) is 0. The molecule has 1 aromatic carbocycles. The van der Waals surface area contributed by atoms with Crippen molar-refractivity contribution in [3.8, 4) is 0 Å². The SMILES string of the molecule is C[C@@H]1CN(CC(=O)N2CC(C)(C)c3ncc(Cc4ccc(F)cc4)cc32)[C@@H](CN2CCOC[C@H]2CO)CN1. The van der Waals surface area contributed by atoms with E-state index in [4.69, 9.17) is 9.72 Å². The number of hydrogen-bond acceptors (Lipinski definition) is 7. The lowest BCUT2D eigenvalue weighted by molar-refractivity contribution is -0.121. The van der Waals surface area contributed by atoms with Gasteiger partial charge in [-0.2, -0.15) is 0 Å². The predicted octanol–water partition coefficient (Wildman–Crippen LogP) is 1.79. The van der Waals surface area contributed by atoms with Crippen LogP contribution in [0.15, 0.2) is 36.5 Å². The number of halogens is 1. The van der Waals surface area contributed by atoms with Gasteiger partial charge >= 0.3 is 0 Å². The van der Waals surface area contributed by atoms with E-state index in [0.717, 1.165) is 48.7 Å². The normalized spacial score (nSPS) is 25.9. The van der Waals surface area contributed by atoms with Crippen LogP contribution in [0.5, 0.6) is 0 Å². The number of piperazine rings is 1. The molecule has 9 heteroatoms. The van der Waals surface area contributed by atoms with Crippen LogP contribution in [0.4, 0.5) is 10.1 Å². The summed E-state index contributed by atoms with van der Waals surface area (Å²) in [6.07, 6.45) is 2.51. The van der Waals surface area contributed by atoms with Crippen molar-refractivity contribution >= 4 is 11.6 Å². The molecule has 2 aromatic rings. The second-order valence-corrected chi connectivity index (χ2v) is 11.7. The molecular formula is C29H40FN5O3. The number of carbonyl (C=O) groups excluding carboxylic acids is 1. The van der Waals surface area contributed by atoms with Gasteiger partial charge in [0.1, 0.15) is 5.82 Å². The Kier molecular flexibility index (Phi) is 8.11. The van der Waals surface area contributed by atoms with Gasteiger partial charge in [-0.05, 0) is 42.7 Å². The molecule has 1 aromatic heterocycles. The molecule has 38 heavy (non-hydrogen) atoms. The fraction of sp³-hybridized carbons (Fsp3) is 0.586. The van der Waals surface area contributed by atoms with E-state index in [-0.39, 0.29) is 35.8 Å². The lowest BCUT2D eigenvalue weighted by Gasteiger charge is -2.44. The average Bonchev–Trinajstić information content (AvgIpc) is 3.17. The summed E-state index contributed by atoms with van der Waals surface area (Å²) in [5, 5.41) is 13.4. The van der Waals surface area contributed by atoms with E-state index < -0.39 is 0 Å². The highest BCUT2D eigenvalue weighted by atomic mass is 19.1. The number of amides is 1. The highest BCUT2D eigenvalue weighted by Crippen LogP contribution is 2.39. The summed E-state index contributed by atoms with van der Waals surface area (Å²) < 4.78 is 18.9. The molecular weight excluding hydrogens is 485 g/mol. The molecule has 0 saturated carbocycles. The van der Waals surface area contributed by atoms with Gasteiger partial charge in [-0.1, -0.05) is 26.0 Å². The lowest BCUT2D eigenvalue weighted by atomic mass is 9.91. The molecule has 0 aliphatic carbocycles. The van der Waals surface area contributed by atoms with Gasteiger partial charge in [0.15, 0.2) is 0 Å². The van der Waals surface area contributed by atoms with Gasteiger partial charge < -0.3 is 20.1 Å². The number of nitrogens with zero attached hydrogens (tertiary/aromatic N) is 4. The smallest absolute Gasteiger partial charge is 0.241 e. The van der Waals surface area contributed by atoms with Crippen LogP contribution >= 0.6 is 0 Å². The third-order valence-corrected chi connectivity index (χ3v) is 8.10. The summed E-state index contributed by atoms with van der Waals surface area (Å²) in [5.74, 6) is -0.169. The monoisotopic (exact) mass is 525 g/mol. The van der Waals surface area contributed by atoms with Crippen LogP contribution in [0.1, 0.15) is 37.6 Å². The zero-order valence-corrected chi connectivity index (χ0v) is 22.7. The number of nitrogens with one attached hydrogen (secondary N) is 1. The number of aromatic nitrogens is 1. The Hall–Kier alpha value is -2.43. The van der Waals surface area contributed by atoms with Crippen molar-refractivity contribution in [3.05, 3.63) is 59.2 Å². The first-order valence-corrected chi connectivity index (χ1v) is 13.7. The molecule has 0 spiro atoms. The van der Waals surface area contributed by atoms with Crippen LogP contribution in [0.3, 0.4) is 0 Å². The van der Waals surface area contributed by atoms with Gasteiger partial charge in [0, 0.05) is 56.4 Å². The summed E-state index contributed by atoms with van der Waals surface area (Å²) >= 11 is 0. The Morgan fingerprint density at radius 3 is 2.76 bits per heavy atom. The standard InChI is InChI=1S/C29H40FN5O3/c1-20-14-34(24(13-31-20)15-33-8-9-38-18-25(33)17-36)16-27(37)35-19-29(2,3)28-26(35)11-22(12-32-28)10-21-4-6-23(30)7-5-21/h4-7,11-12,20,24-25,31,36H,8-10,13-19H2,1-3H3/t20-,24-,25-/m1/s1. The summed E-state index contributed by atoms with van der Waals surface area (Å²) in [6.45, 7) is 11.8. The maximum Gasteiger partial charge on any atom is 0.241 e. The molecule has 0 unspecified atom stereocenters. The van der Waals surface area contributed by atoms with Crippen LogP contribution in [0, 0.1) is 5.82 Å². The highest BCUT2D eigenvalue weighted by molar-refractivity contribution is 5.97. The topological polar surface area (TPSA) is 81.2 Å².